The van der Waals surface area contributed by atoms with Crippen molar-refractivity contribution in [2.45, 2.75) is 32.6 Å². The molecule has 0 atom stereocenters. The third kappa shape index (κ3) is 5.45. The quantitative estimate of drug-likeness (QED) is 0.390. The zero-order valence-electron chi connectivity index (χ0n) is 12.6. The van der Waals surface area contributed by atoms with Crippen molar-refractivity contribution < 1.29 is 28.2 Å². The third-order valence-corrected chi connectivity index (χ3v) is 2.92. The molecule has 0 saturated carbocycles. The number of nitrogens with zero attached hydrogens (tertiary/aromatic N) is 1. The van der Waals surface area contributed by atoms with Crippen LogP contribution in [0.2, 0.25) is 0 Å². The van der Waals surface area contributed by atoms with Crippen molar-refractivity contribution in [3.63, 3.8) is 0 Å². The van der Waals surface area contributed by atoms with E-state index in [4.69, 9.17) is 9.15 Å². The molecule has 0 aliphatic heterocycles. The fraction of sp³-hybridized carbons (Fsp3) is 0.643. The summed E-state index contributed by atoms with van der Waals surface area (Å²) in [4.78, 5) is 27.0. The first kappa shape index (κ1) is 17.0. The van der Waals surface area contributed by atoms with Crippen molar-refractivity contribution in [1.29, 1.82) is 0 Å². The summed E-state index contributed by atoms with van der Waals surface area (Å²) < 4.78 is 19.7. The molecule has 0 saturated heterocycles. The maximum absolute atomic E-state index is 11.5. The fourth-order valence-corrected chi connectivity index (χ4v) is 1.86. The second kappa shape index (κ2) is 8.99. The molecule has 7 heteroatoms. The van der Waals surface area contributed by atoms with Crippen molar-refractivity contribution in [2.24, 2.45) is 5.92 Å². The van der Waals surface area contributed by atoms with E-state index in [1.54, 1.807) is 0 Å². The Balaban J connectivity index is 2.36. The van der Waals surface area contributed by atoms with Crippen LogP contribution in [0.4, 0.5) is 0 Å². The van der Waals surface area contributed by atoms with Crippen molar-refractivity contribution in [2.75, 3.05) is 20.8 Å². The number of carbonyl (C=O) groups excluding carboxylic acids is 2. The number of aryl methyl sites for hydroxylation is 1. The summed E-state index contributed by atoms with van der Waals surface area (Å²) in [5.41, 5.74) is 0. The molecular formula is C14H21NO6. The van der Waals surface area contributed by atoms with Crippen LogP contribution < -0.4 is 4.74 Å². The second-order valence-electron chi connectivity index (χ2n) is 4.35. The Hall–Kier alpha value is -2.05. The van der Waals surface area contributed by atoms with Gasteiger partial charge in [0.15, 0.2) is 11.8 Å². The minimum atomic E-state index is -0.872. The fourth-order valence-electron chi connectivity index (χ4n) is 1.86. The molecule has 21 heavy (non-hydrogen) atoms. The summed E-state index contributed by atoms with van der Waals surface area (Å²) >= 11 is 0. The molecule has 1 heterocycles. The highest BCUT2D eigenvalue weighted by molar-refractivity contribution is 5.94. The number of rotatable bonds is 9. The van der Waals surface area contributed by atoms with Crippen LogP contribution in [0.25, 0.3) is 0 Å². The Kier molecular flexibility index (Phi) is 7.28. The molecule has 0 aliphatic rings. The maximum atomic E-state index is 11.5. The highest BCUT2D eigenvalue weighted by atomic mass is 16.6. The molecule has 0 amide bonds. The van der Waals surface area contributed by atoms with E-state index in [-0.39, 0.29) is 0 Å². The lowest BCUT2D eigenvalue weighted by Crippen LogP contribution is -2.26. The van der Waals surface area contributed by atoms with Gasteiger partial charge in [-0.1, -0.05) is 6.42 Å². The molecule has 0 aliphatic carbocycles. The smallest absolute Gasteiger partial charge is 0.320 e. The standard InChI is InChI=1S/C14H21NO6/c1-4-20-12-9-15-11(21-12)8-6-5-7-10(13(16)18-2)14(17)19-3/h9-10H,4-8H2,1-3H3. The molecular weight excluding hydrogens is 278 g/mol. The van der Waals surface area contributed by atoms with Gasteiger partial charge in [-0.15, -0.1) is 0 Å². The predicted molar refractivity (Wildman–Crippen MR) is 72.7 cm³/mol. The molecule has 0 unspecified atom stereocenters. The van der Waals surface area contributed by atoms with Gasteiger partial charge in [-0.25, -0.2) is 4.98 Å². The van der Waals surface area contributed by atoms with Crippen LogP contribution in [0.15, 0.2) is 10.6 Å². The van der Waals surface area contributed by atoms with Crippen LogP contribution >= 0.6 is 0 Å². The molecule has 1 aromatic heterocycles. The van der Waals surface area contributed by atoms with Gasteiger partial charge in [-0.05, 0) is 19.8 Å². The van der Waals surface area contributed by atoms with Gasteiger partial charge in [0, 0.05) is 6.42 Å². The average molecular weight is 299 g/mol. The van der Waals surface area contributed by atoms with Crippen LogP contribution in [0.1, 0.15) is 32.1 Å². The van der Waals surface area contributed by atoms with Crippen LogP contribution in [0, 0.1) is 5.92 Å². The minimum Gasteiger partial charge on any atom is -0.468 e. The lowest BCUT2D eigenvalue weighted by molar-refractivity contribution is -0.159. The number of ether oxygens (including phenoxy) is 3. The molecule has 0 fully saturated rings. The number of hydrogen-bond acceptors (Lipinski definition) is 7. The summed E-state index contributed by atoms with van der Waals surface area (Å²) in [7, 11) is 2.50. The van der Waals surface area contributed by atoms with Gasteiger partial charge in [0.25, 0.3) is 0 Å². The van der Waals surface area contributed by atoms with Gasteiger partial charge in [0.05, 0.1) is 20.8 Å². The topological polar surface area (TPSA) is 87.9 Å². The van der Waals surface area contributed by atoms with Crippen molar-refractivity contribution in [3.8, 4) is 5.95 Å². The summed E-state index contributed by atoms with van der Waals surface area (Å²) in [5.74, 6) is -1.04. The molecule has 1 aromatic rings. The molecule has 1 rings (SSSR count). The van der Waals surface area contributed by atoms with E-state index in [0.717, 1.165) is 6.42 Å². The number of aromatic nitrogens is 1. The first-order chi connectivity index (χ1) is 10.1. The number of hydrogen-bond donors (Lipinski definition) is 0. The zero-order chi connectivity index (χ0) is 15.7. The monoisotopic (exact) mass is 299 g/mol. The average Bonchev–Trinajstić information content (AvgIpc) is 2.94. The molecule has 0 aromatic carbocycles. The third-order valence-electron chi connectivity index (χ3n) is 2.92. The van der Waals surface area contributed by atoms with E-state index in [1.807, 2.05) is 6.92 Å². The highest BCUT2D eigenvalue weighted by Crippen LogP contribution is 2.17. The lowest BCUT2D eigenvalue weighted by atomic mass is 10.0. The Morgan fingerprint density at radius 1 is 1.24 bits per heavy atom. The van der Waals surface area contributed by atoms with Gasteiger partial charge in [0.1, 0.15) is 6.20 Å². The van der Waals surface area contributed by atoms with E-state index >= 15 is 0 Å². The summed E-state index contributed by atoms with van der Waals surface area (Å²) in [5, 5.41) is 0. The number of esters is 2. The largest absolute Gasteiger partial charge is 0.468 e. The van der Waals surface area contributed by atoms with E-state index in [1.165, 1.54) is 20.4 Å². The number of unbranched alkanes of at least 4 members (excludes halogenated alkanes) is 1. The van der Waals surface area contributed by atoms with Gasteiger partial charge in [0.2, 0.25) is 0 Å². The minimum absolute atomic E-state index is 0.373. The molecule has 118 valence electrons. The Morgan fingerprint density at radius 3 is 2.48 bits per heavy atom. The van der Waals surface area contributed by atoms with Crippen molar-refractivity contribution >= 4 is 11.9 Å². The van der Waals surface area contributed by atoms with Gasteiger partial charge >= 0.3 is 17.9 Å². The van der Waals surface area contributed by atoms with Gasteiger partial charge in [-0.3, -0.25) is 9.59 Å². The normalized spacial score (nSPS) is 10.5. The lowest BCUT2D eigenvalue weighted by Gasteiger charge is -2.11. The van der Waals surface area contributed by atoms with Crippen molar-refractivity contribution in [1.82, 2.24) is 4.98 Å². The van der Waals surface area contributed by atoms with E-state index < -0.39 is 17.9 Å². The Labute approximate surface area is 123 Å². The van der Waals surface area contributed by atoms with E-state index in [0.29, 0.717) is 37.7 Å². The molecule has 7 nitrogen and oxygen atoms in total. The van der Waals surface area contributed by atoms with Gasteiger partial charge < -0.3 is 18.6 Å². The van der Waals surface area contributed by atoms with Crippen LogP contribution in [-0.2, 0) is 25.5 Å². The van der Waals surface area contributed by atoms with E-state index in [2.05, 4.69) is 14.5 Å². The number of oxazole rings is 1. The molecule has 0 N–H and O–H groups in total. The SMILES string of the molecule is CCOc1cnc(CCCCC(C(=O)OC)C(=O)OC)o1. The van der Waals surface area contributed by atoms with Crippen LogP contribution in [-0.4, -0.2) is 37.7 Å². The number of methoxy groups -OCH3 is 2. The first-order valence-corrected chi connectivity index (χ1v) is 6.85. The van der Waals surface area contributed by atoms with Crippen molar-refractivity contribution in [3.05, 3.63) is 12.1 Å². The summed E-state index contributed by atoms with van der Waals surface area (Å²) in [6, 6.07) is 0. The number of carbonyl (C=O) groups is 2. The molecule has 0 radical (unpaired) electrons. The summed E-state index contributed by atoms with van der Waals surface area (Å²) in [6.45, 7) is 2.39. The first-order valence-electron chi connectivity index (χ1n) is 6.85. The Morgan fingerprint density at radius 2 is 1.90 bits per heavy atom. The maximum Gasteiger partial charge on any atom is 0.320 e. The van der Waals surface area contributed by atoms with Crippen LogP contribution in [0.3, 0.4) is 0 Å². The van der Waals surface area contributed by atoms with Gasteiger partial charge in [-0.2, -0.15) is 0 Å². The molecule has 0 spiro atoms. The zero-order valence-corrected chi connectivity index (χ0v) is 12.6. The predicted octanol–water partition coefficient (Wildman–Crippen LogP) is 1.75. The van der Waals surface area contributed by atoms with Crippen LogP contribution in [0.5, 0.6) is 5.95 Å². The Bertz CT molecular complexity index is 440. The summed E-state index contributed by atoms with van der Waals surface area (Å²) in [6.07, 6.45) is 3.91. The highest BCUT2D eigenvalue weighted by Gasteiger charge is 2.27. The molecule has 0 bridgehead atoms. The van der Waals surface area contributed by atoms with E-state index in [9.17, 15) is 9.59 Å². The second-order valence-corrected chi connectivity index (χ2v) is 4.35.